The minimum absolute atomic E-state index is 0.202. The molecule has 0 bridgehead atoms. The van der Waals surface area contributed by atoms with Gasteiger partial charge < -0.3 is 5.32 Å². The number of nitrogens with zero attached hydrogens (tertiary/aromatic N) is 1. The minimum Gasteiger partial charge on any atom is -0.311 e. The second kappa shape index (κ2) is 7.42. The quantitative estimate of drug-likeness (QED) is 0.819. The summed E-state index contributed by atoms with van der Waals surface area (Å²) >= 11 is 0. The maximum absolute atomic E-state index is 12.2. The second-order valence-electron chi connectivity index (χ2n) is 7.35. The number of sulfonamides is 1. The summed E-state index contributed by atoms with van der Waals surface area (Å²) in [5.41, 5.74) is 0. The fraction of sp³-hybridized carbons (Fsp3) is 1.00. The Kier molecular flexibility index (Phi) is 6.09. The van der Waals surface area contributed by atoms with Gasteiger partial charge in [0.15, 0.2) is 0 Å². The summed E-state index contributed by atoms with van der Waals surface area (Å²) < 4.78 is 26.2. The normalized spacial score (nSPS) is 24.8. The van der Waals surface area contributed by atoms with Gasteiger partial charge in [0.1, 0.15) is 0 Å². The summed E-state index contributed by atoms with van der Waals surface area (Å²) in [5.74, 6) is 1.31. The Bertz CT molecular complexity index is 408. The Labute approximate surface area is 130 Å². The van der Waals surface area contributed by atoms with E-state index in [0.29, 0.717) is 25.2 Å². The van der Waals surface area contributed by atoms with Gasteiger partial charge >= 0.3 is 0 Å². The van der Waals surface area contributed by atoms with Crippen molar-refractivity contribution in [3.8, 4) is 0 Å². The van der Waals surface area contributed by atoms with Crippen molar-refractivity contribution in [1.82, 2.24) is 9.62 Å². The van der Waals surface area contributed by atoms with E-state index in [1.54, 1.807) is 4.31 Å². The van der Waals surface area contributed by atoms with Crippen LogP contribution >= 0.6 is 0 Å². The lowest BCUT2D eigenvalue weighted by Crippen LogP contribution is -2.49. The van der Waals surface area contributed by atoms with Gasteiger partial charge in [-0.1, -0.05) is 26.7 Å². The number of hydrogen-bond donors (Lipinski definition) is 1. The molecule has 1 atom stereocenters. The highest BCUT2D eigenvalue weighted by Gasteiger charge is 2.30. The lowest BCUT2D eigenvalue weighted by molar-refractivity contribution is 0.252. The number of rotatable bonds is 6. The zero-order chi connectivity index (χ0) is 15.5. The lowest BCUT2D eigenvalue weighted by Gasteiger charge is -2.34. The molecular weight excluding hydrogens is 284 g/mol. The molecule has 1 saturated heterocycles. The Morgan fingerprint density at radius 3 is 2.14 bits per heavy atom. The molecule has 0 spiro atoms. The molecule has 5 heteroatoms. The van der Waals surface area contributed by atoms with Crippen LogP contribution in [0.15, 0.2) is 0 Å². The molecule has 0 radical (unpaired) electrons. The number of nitrogens with one attached hydrogen (secondary N) is 1. The van der Waals surface area contributed by atoms with Crippen LogP contribution < -0.4 is 5.32 Å². The molecular formula is C16H32N2O2S. The summed E-state index contributed by atoms with van der Waals surface area (Å²) in [7, 11) is -3.04. The molecule has 1 aliphatic carbocycles. The van der Waals surface area contributed by atoms with Crippen molar-refractivity contribution in [1.29, 1.82) is 0 Å². The molecule has 1 N–H and O–H groups in total. The molecule has 1 saturated carbocycles. The van der Waals surface area contributed by atoms with Crippen LogP contribution in [0.3, 0.4) is 0 Å². The van der Waals surface area contributed by atoms with Crippen LogP contribution in [0.2, 0.25) is 0 Å². The Morgan fingerprint density at radius 2 is 1.62 bits per heavy atom. The molecule has 4 nitrogen and oxygen atoms in total. The van der Waals surface area contributed by atoms with Crippen LogP contribution in [-0.2, 0) is 10.0 Å². The lowest BCUT2D eigenvalue weighted by atomic mass is 9.97. The third kappa shape index (κ3) is 4.93. The summed E-state index contributed by atoms with van der Waals surface area (Å²) in [6.07, 6.45) is 7.37. The van der Waals surface area contributed by atoms with Crippen molar-refractivity contribution < 1.29 is 8.42 Å². The van der Waals surface area contributed by atoms with Crippen LogP contribution in [0.5, 0.6) is 0 Å². The molecule has 124 valence electrons. The Hall–Kier alpha value is -0.130. The Morgan fingerprint density at radius 1 is 1.05 bits per heavy atom. The van der Waals surface area contributed by atoms with Crippen molar-refractivity contribution in [2.75, 3.05) is 18.8 Å². The molecule has 0 aromatic carbocycles. The topological polar surface area (TPSA) is 49.4 Å². The van der Waals surface area contributed by atoms with E-state index in [1.165, 1.54) is 25.7 Å². The fourth-order valence-corrected chi connectivity index (χ4v) is 5.61. The van der Waals surface area contributed by atoms with Crippen LogP contribution in [0.1, 0.15) is 59.3 Å². The third-order valence-electron chi connectivity index (χ3n) is 5.00. The third-order valence-corrected chi connectivity index (χ3v) is 7.24. The molecule has 1 heterocycles. The maximum Gasteiger partial charge on any atom is 0.214 e. The van der Waals surface area contributed by atoms with Crippen molar-refractivity contribution in [3.05, 3.63) is 0 Å². The Balaban J connectivity index is 1.77. The first-order valence-corrected chi connectivity index (χ1v) is 10.2. The van der Waals surface area contributed by atoms with Crippen molar-refractivity contribution in [3.63, 3.8) is 0 Å². The zero-order valence-electron chi connectivity index (χ0n) is 13.8. The predicted octanol–water partition coefficient (Wildman–Crippen LogP) is 2.60. The fourth-order valence-electron chi connectivity index (χ4n) is 3.79. The molecule has 0 aromatic rings. The average molecular weight is 317 g/mol. The molecule has 2 rings (SSSR count). The highest BCUT2D eigenvalue weighted by Crippen LogP contribution is 2.28. The smallest absolute Gasteiger partial charge is 0.214 e. The first-order chi connectivity index (χ1) is 9.88. The van der Waals surface area contributed by atoms with E-state index in [0.717, 1.165) is 18.8 Å². The van der Waals surface area contributed by atoms with Gasteiger partial charge in [0, 0.05) is 25.2 Å². The second-order valence-corrected chi connectivity index (χ2v) is 9.36. The molecule has 0 unspecified atom stereocenters. The monoisotopic (exact) mass is 316 g/mol. The van der Waals surface area contributed by atoms with Crippen molar-refractivity contribution in [2.45, 2.75) is 71.4 Å². The summed E-state index contributed by atoms with van der Waals surface area (Å²) in [6.45, 7) is 7.61. The summed E-state index contributed by atoms with van der Waals surface area (Å²) in [5, 5.41) is 3.75. The molecule has 1 aliphatic heterocycles. The van der Waals surface area contributed by atoms with Gasteiger partial charge in [0.25, 0.3) is 0 Å². The van der Waals surface area contributed by atoms with Crippen molar-refractivity contribution >= 4 is 10.0 Å². The average Bonchev–Trinajstić information content (AvgIpc) is 2.91. The minimum atomic E-state index is -3.04. The SMILES string of the molecule is CC(C)CS(=O)(=O)N1CCC(N[C@@H](C)C2CCCC2)CC1. The van der Waals surface area contributed by atoms with E-state index in [2.05, 4.69) is 12.2 Å². The standard InChI is InChI=1S/C16H32N2O2S/c1-13(2)12-21(19,20)18-10-8-16(9-11-18)17-14(3)15-6-4-5-7-15/h13-17H,4-12H2,1-3H3/t14-/m0/s1. The number of hydrogen-bond acceptors (Lipinski definition) is 3. The van der Waals surface area contributed by atoms with Gasteiger partial charge in [0.05, 0.1) is 5.75 Å². The van der Waals surface area contributed by atoms with Gasteiger partial charge in [-0.3, -0.25) is 0 Å². The van der Waals surface area contributed by atoms with Gasteiger partial charge in [0.2, 0.25) is 10.0 Å². The van der Waals surface area contributed by atoms with Crippen LogP contribution in [-0.4, -0.2) is 43.6 Å². The van der Waals surface area contributed by atoms with E-state index in [1.807, 2.05) is 13.8 Å². The summed E-state index contributed by atoms with van der Waals surface area (Å²) in [6, 6.07) is 1.07. The largest absolute Gasteiger partial charge is 0.311 e. The highest BCUT2D eigenvalue weighted by atomic mass is 32.2. The molecule has 21 heavy (non-hydrogen) atoms. The van der Waals surface area contributed by atoms with Gasteiger partial charge in [-0.05, 0) is 44.4 Å². The summed E-state index contributed by atoms with van der Waals surface area (Å²) in [4.78, 5) is 0. The van der Waals surface area contributed by atoms with Crippen LogP contribution in [0.25, 0.3) is 0 Å². The first kappa shape index (κ1) is 17.2. The molecule has 0 amide bonds. The van der Waals surface area contributed by atoms with E-state index in [-0.39, 0.29) is 11.7 Å². The predicted molar refractivity (Wildman–Crippen MR) is 87.8 cm³/mol. The van der Waals surface area contributed by atoms with E-state index in [4.69, 9.17) is 0 Å². The van der Waals surface area contributed by atoms with Gasteiger partial charge in [-0.25, -0.2) is 12.7 Å². The van der Waals surface area contributed by atoms with E-state index >= 15 is 0 Å². The van der Waals surface area contributed by atoms with Crippen molar-refractivity contribution in [2.24, 2.45) is 11.8 Å². The first-order valence-electron chi connectivity index (χ1n) is 8.62. The molecule has 2 fully saturated rings. The van der Waals surface area contributed by atoms with Crippen LogP contribution in [0.4, 0.5) is 0 Å². The molecule has 0 aromatic heterocycles. The number of piperidine rings is 1. The van der Waals surface area contributed by atoms with E-state index in [9.17, 15) is 8.42 Å². The maximum atomic E-state index is 12.2. The zero-order valence-corrected chi connectivity index (χ0v) is 14.7. The highest BCUT2D eigenvalue weighted by molar-refractivity contribution is 7.89. The van der Waals surface area contributed by atoms with E-state index < -0.39 is 10.0 Å². The van der Waals surface area contributed by atoms with Gasteiger partial charge in [-0.15, -0.1) is 0 Å². The molecule has 2 aliphatic rings. The van der Waals surface area contributed by atoms with Crippen LogP contribution in [0, 0.1) is 11.8 Å². The van der Waals surface area contributed by atoms with Gasteiger partial charge in [-0.2, -0.15) is 0 Å².